The fourth-order valence-corrected chi connectivity index (χ4v) is 10.9. The molecular formula is C64H58N8. The molecule has 0 unspecified atom stereocenters. The van der Waals surface area contributed by atoms with Gasteiger partial charge in [0.1, 0.15) is 22.1 Å². The van der Waals surface area contributed by atoms with E-state index in [1.165, 1.54) is 22.3 Å². The predicted molar refractivity (Wildman–Crippen MR) is 299 cm³/mol. The van der Waals surface area contributed by atoms with E-state index in [0.717, 1.165) is 122 Å². The van der Waals surface area contributed by atoms with Crippen LogP contribution in [0.2, 0.25) is 0 Å². The molecule has 0 N–H and O–H groups in total. The van der Waals surface area contributed by atoms with Gasteiger partial charge in [0.25, 0.3) is 0 Å². The molecular weight excluding hydrogens is 881 g/mol. The van der Waals surface area contributed by atoms with Gasteiger partial charge >= 0.3 is 0 Å². The van der Waals surface area contributed by atoms with Crippen molar-refractivity contribution in [1.82, 2.24) is 38.7 Å². The van der Waals surface area contributed by atoms with Gasteiger partial charge in [0.05, 0.1) is 57.2 Å². The molecule has 0 fully saturated rings. The maximum atomic E-state index is 5.69. The molecule has 13 aromatic rings. The Hall–Kier alpha value is -7.84. The second-order valence-corrected chi connectivity index (χ2v) is 24.2. The van der Waals surface area contributed by atoms with E-state index in [9.17, 15) is 0 Å². The summed E-state index contributed by atoms with van der Waals surface area (Å²) < 4.78 is 4.47. The highest BCUT2D eigenvalue weighted by Gasteiger charge is 2.29. The number of aromatic nitrogens is 8. The highest BCUT2D eigenvalue weighted by molar-refractivity contribution is 6.25. The van der Waals surface area contributed by atoms with E-state index in [0.29, 0.717) is 0 Å². The van der Waals surface area contributed by atoms with E-state index in [-0.39, 0.29) is 21.7 Å². The summed E-state index contributed by atoms with van der Waals surface area (Å²) in [5.41, 5.74) is 21.5. The van der Waals surface area contributed by atoms with Gasteiger partial charge in [-0.1, -0.05) is 180 Å². The van der Waals surface area contributed by atoms with E-state index >= 15 is 0 Å². The lowest BCUT2D eigenvalue weighted by Crippen LogP contribution is -2.10. The van der Waals surface area contributed by atoms with Gasteiger partial charge in [-0.2, -0.15) is 0 Å². The maximum absolute atomic E-state index is 5.69. The Morgan fingerprint density at radius 2 is 0.597 bits per heavy atom. The van der Waals surface area contributed by atoms with Crippen LogP contribution in [0.5, 0.6) is 0 Å². The van der Waals surface area contributed by atoms with Crippen LogP contribution in [0, 0.1) is 0 Å². The molecule has 0 saturated carbocycles. The molecule has 72 heavy (non-hydrogen) atoms. The molecule has 0 atom stereocenters. The van der Waals surface area contributed by atoms with Gasteiger partial charge < -0.3 is 0 Å². The highest BCUT2D eigenvalue weighted by atomic mass is 15.1. The van der Waals surface area contributed by atoms with E-state index < -0.39 is 0 Å². The van der Waals surface area contributed by atoms with E-state index in [1.807, 2.05) is 12.4 Å². The van der Waals surface area contributed by atoms with Crippen molar-refractivity contribution in [2.24, 2.45) is 0 Å². The summed E-state index contributed by atoms with van der Waals surface area (Å²) in [6, 6.07) is 44.4. The summed E-state index contributed by atoms with van der Waals surface area (Å²) in [4.78, 5) is 32.7. The van der Waals surface area contributed by atoms with Crippen molar-refractivity contribution < 1.29 is 0 Å². The average Bonchev–Trinajstić information content (AvgIpc) is 4.07. The quantitative estimate of drug-likeness (QED) is 0.175. The molecule has 0 saturated heterocycles. The van der Waals surface area contributed by atoms with Crippen molar-refractivity contribution in [3.8, 4) is 45.0 Å². The van der Waals surface area contributed by atoms with E-state index in [1.54, 1.807) is 0 Å². The normalized spacial score (nSPS) is 13.3. The molecule has 4 aromatic carbocycles. The van der Waals surface area contributed by atoms with Crippen LogP contribution < -0.4 is 0 Å². The van der Waals surface area contributed by atoms with Crippen LogP contribution in [0.3, 0.4) is 0 Å². The molecule has 8 nitrogen and oxygen atoms in total. The molecule has 0 aliphatic rings. The third kappa shape index (κ3) is 6.71. The Balaban J connectivity index is 1.10. The minimum Gasteiger partial charge on any atom is -0.288 e. The van der Waals surface area contributed by atoms with Crippen LogP contribution in [0.25, 0.3) is 122 Å². The predicted octanol–water partition coefficient (Wildman–Crippen LogP) is 16.2. The lowest BCUT2D eigenvalue weighted by Gasteiger charge is -2.19. The van der Waals surface area contributed by atoms with Gasteiger partial charge in [0.2, 0.25) is 0 Å². The number of rotatable bonds is 4. The van der Waals surface area contributed by atoms with Gasteiger partial charge in [0, 0.05) is 43.8 Å². The Morgan fingerprint density at radius 1 is 0.306 bits per heavy atom. The number of pyridine rings is 4. The molecule has 0 aliphatic heterocycles. The largest absolute Gasteiger partial charge is 0.288 e. The molecule has 9 heterocycles. The average molecular weight is 939 g/mol. The number of benzene rings is 4. The van der Waals surface area contributed by atoms with Crippen molar-refractivity contribution in [2.75, 3.05) is 0 Å². The van der Waals surface area contributed by atoms with Crippen LogP contribution in [-0.2, 0) is 21.7 Å². The number of fused-ring (bicyclic) bond motifs is 12. The van der Waals surface area contributed by atoms with Crippen LogP contribution in [-0.4, -0.2) is 38.7 Å². The van der Waals surface area contributed by atoms with Crippen LogP contribution in [0.4, 0.5) is 0 Å². The first-order chi connectivity index (χ1) is 34.2. The first-order valence-electron chi connectivity index (χ1n) is 25.3. The molecule has 0 amide bonds. The molecule has 9 aromatic heterocycles. The van der Waals surface area contributed by atoms with Gasteiger partial charge in [-0.3, -0.25) is 18.8 Å². The minimum atomic E-state index is 0.0223. The molecule has 354 valence electrons. The van der Waals surface area contributed by atoms with Crippen molar-refractivity contribution in [3.05, 3.63) is 156 Å². The summed E-state index contributed by atoms with van der Waals surface area (Å²) in [5.74, 6) is 0. The van der Waals surface area contributed by atoms with Crippen molar-refractivity contribution in [2.45, 2.75) is 105 Å². The fraction of sp³-hybridized carbons (Fsp3) is 0.250. The Bertz CT molecular complexity index is 4020. The Morgan fingerprint density at radius 3 is 0.903 bits per heavy atom. The third-order valence-corrected chi connectivity index (χ3v) is 15.2. The summed E-state index contributed by atoms with van der Waals surface area (Å²) in [6.07, 6.45) is 4.01. The molecule has 0 spiro atoms. The lowest BCUT2D eigenvalue weighted by atomic mass is 9.86. The number of hydrogen-bond acceptors (Lipinski definition) is 6. The highest BCUT2D eigenvalue weighted by Crippen LogP contribution is 2.45. The van der Waals surface area contributed by atoms with Gasteiger partial charge in [-0.15, -0.1) is 0 Å². The lowest BCUT2D eigenvalue weighted by molar-refractivity contribution is 0.590. The van der Waals surface area contributed by atoms with Crippen molar-refractivity contribution in [1.29, 1.82) is 0 Å². The fourth-order valence-electron chi connectivity index (χ4n) is 10.9. The van der Waals surface area contributed by atoms with Crippen LogP contribution >= 0.6 is 0 Å². The topological polar surface area (TPSA) is 86.2 Å². The summed E-state index contributed by atoms with van der Waals surface area (Å²) in [7, 11) is 0. The van der Waals surface area contributed by atoms with Crippen LogP contribution in [0.15, 0.2) is 134 Å². The smallest absolute Gasteiger partial charge is 0.168 e. The minimum absolute atomic E-state index is 0.0223. The summed E-state index contributed by atoms with van der Waals surface area (Å²) in [6.45, 7) is 27.0. The first-order valence-corrected chi connectivity index (χ1v) is 25.3. The molecule has 0 bridgehead atoms. The first kappa shape index (κ1) is 44.1. The summed E-state index contributed by atoms with van der Waals surface area (Å²) in [5, 5.41) is 4.35. The third-order valence-electron chi connectivity index (χ3n) is 15.2. The molecule has 0 aliphatic carbocycles. The monoisotopic (exact) mass is 938 g/mol. The zero-order valence-electron chi connectivity index (χ0n) is 43.3. The summed E-state index contributed by atoms with van der Waals surface area (Å²) >= 11 is 0. The van der Waals surface area contributed by atoms with Crippen LogP contribution in [0.1, 0.15) is 105 Å². The molecule has 0 radical (unpaired) electrons. The number of hydrogen-bond donors (Lipinski definition) is 0. The Labute approximate surface area is 419 Å². The second kappa shape index (κ2) is 14.9. The standard InChI is InChI=1S/C64H58N8/c1-61(2,3)39-21-13-35(14-22-39)47-29-43-45-31-49(37-17-25-41(26-18-37)63(7,8)9)67-53-55-59(71(57(45)53)51(43)33-65-47)70-60-56(69-55)54-58-46(32-50(68-54)38-19-27-42(28-20-38)64(10,11)12)44-30-48(66-34-52(44)72(58)60)36-15-23-40(24-16-36)62(4,5)6/h13-34H,1-12H3. The number of nitrogens with zero attached hydrogens (tertiary/aromatic N) is 8. The van der Waals surface area contributed by atoms with Crippen molar-refractivity contribution in [3.63, 3.8) is 0 Å². The maximum Gasteiger partial charge on any atom is 0.168 e. The SMILES string of the molecule is CC(C)(C)c1ccc(-c2cc3c4cc(-c5ccc(C(C)(C)C)cc5)nc5c6nc7c8nc(-c9ccc(C(C)(C)C)cc9)cc9c%10cc(-c%11ccc(C(C)(C)C)cc%11)ncc%10n(c7nc6n(c3cn2)c45)c98)cc1. The second-order valence-electron chi connectivity index (χ2n) is 24.2. The molecule has 8 heteroatoms. The van der Waals surface area contributed by atoms with Gasteiger partial charge in [-0.05, 0) is 68.2 Å². The van der Waals surface area contributed by atoms with E-state index in [4.69, 9.17) is 29.9 Å². The van der Waals surface area contributed by atoms with Gasteiger partial charge in [-0.25, -0.2) is 19.9 Å². The Kier molecular flexibility index (Phi) is 9.11. The zero-order valence-corrected chi connectivity index (χ0v) is 43.3. The van der Waals surface area contributed by atoms with E-state index in [2.05, 4.69) is 213 Å². The zero-order chi connectivity index (χ0) is 50.0. The van der Waals surface area contributed by atoms with Gasteiger partial charge in [0.15, 0.2) is 11.3 Å². The van der Waals surface area contributed by atoms with Crippen molar-refractivity contribution >= 4 is 77.0 Å². The molecule has 13 rings (SSSR count).